The SMILES string of the molecule is CCCCC1(Br)C=CC=CC1. The van der Waals surface area contributed by atoms with E-state index >= 15 is 0 Å². The van der Waals surface area contributed by atoms with Crippen molar-refractivity contribution in [3.63, 3.8) is 0 Å². The molecule has 1 rings (SSSR count). The molecule has 0 saturated carbocycles. The Bertz CT molecular complexity index is 170. The second-order valence-corrected chi connectivity index (χ2v) is 4.71. The highest BCUT2D eigenvalue weighted by atomic mass is 79.9. The largest absolute Gasteiger partial charge is 0.0828 e. The molecule has 62 valence electrons. The zero-order chi connectivity index (χ0) is 8.16. The molecular formula is C10H15Br. The molecule has 0 aliphatic heterocycles. The van der Waals surface area contributed by atoms with E-state index in [-0.39, 0.29) is 4.32 Å². The minimum absolute atomic E-state index is 0.276. The van der Waals surface area contributed by atoms with E-state index in [1.165, 1.54) is 19.3 Å². The highest BCUT2D eigenvalue weighted by Crippen LogP contribution is 2.32. The molecule has 0 heterocycles. The smallest absolute Gasteiger partial charge is 0.0474 e. The first-order chi connectivity index (χ1) is 5.27. The van der Waals surface area contributed by atoms with Crippen molar-refractivity contribution >= 4 is 15.9 Å². The molecular weight excluding hydrogens is 200 g/mol. The van der Waals surface area contributed by atoms with Crippen LogP contribution in [0.25, 0.3) is 0 Å². The minimum atomic E-state index is 0.276. The number of halogens is 1. The molecule has 0 radical (unpaired) electrons. The van der Waals surface area contributed by atoms with E-state index in [2.05, 4.69) is 47.2 Å². The van der Waals surface area contributed by atoms with Crippen molar-refractivity contribution in [2.24, 2.45) is 0 Å². The topological polar surface area (TPSA) is 0 Å². The predicted octanol–water partition coefficient (Wildman–Crippen LogP) is 3.83. The minimum Gasteiger partial charge on any atom is -0.0828 e. The van der Waals surface area contributed by atoms with Gasteiger partial charge in [-0.25, -0.2) is 0 Å². The van der Waals surface area contributed by atoms with E-state index in [1.54, 1.807) is 0 Å². The molecule has 1 unspecified atom stereocenters. The Morgan fingerprint density at radius 1 is 1.45 bits per heavy atom. The average Bonchev–Trinajstić information content (AvgIpc) is 2.03. The molecule has 0 saturated heterocycles. The number of rotatable bonds is 3. The predicted molar refractivity (Wildman–Crippen MR) is 54.1 cm³/mol. The van der Waals surface area contributed by atoms with Gasteiger partial charge in [0.2, 0.25) is 0 Å². The van der Waals surface area contributed by atoms with Crippen LogP contribution >= 0.6 is 15.9 Å². The third-order valence-electron chi connectivity index (χ3n) is 2.05. The number of alkyl halides is 1. The number of unbranched alkanes of at least 4 members (excludes halogenated alkanes) is 1. The van der Waals surface area contributed by atoms with E-state index in [9.17, 15) is 0 Å². The summed E-state index contributed by atoms with van der Waals surface area (Å²) < 4.78 is 0.276. The van der Waals surface area contributed by atoms with Crippen LogP contribution in [0.3, 0.4) is 0 Å². The van der Waals surface area contributed by atoms with Gasteiger partial charge in [0.15, 0.2) is 0 Å². The van der Waals surface area contributed by atoms with Crippen LogP contribution in [0.2, 0.25) is 0 Å². The maximum atomic E-state index is 3.76. The standard InChI is InChI=1S/C10H15Br/c1-2-3-7-10(11)8-5-4-6-9-10/h4-6,8H,2-3,7,9H2,1H3. The number of allylic oxidation sites excluding steroid dienone is 4. The molecule has 11 heavy (non-hydrogen) atoms. The summed E-state index contributed by atoms with van der Waals surface area (Å²) in [5, 5.41) is 0. The van der Waals surface area contributed by atoms with Crippen LogP contribution in [0.5, 0.6) is 0 Å². The summed E-state index contributed by atoms with van der Waals surface area (Å²) in [6.07, 6.45) is 13.7. The summed E-state index contributed by atoms with van der Waals surface area (Å²) in [6.45, 7) is 2.23. The van der Waals surface area contributed by atoms with Gasteiger partial charge in [-0.2, -0.15) is 0 Å². The quantitative estimate of drug-likeness (QED) is 0.627. The summed E-state index contributed by atoms with van der Waals surface area (Å²) >= 11 is 3.76. The first-order valence-electron chi connectivity index (χ1n) is 4.30. The Morgan fingerprint density at radius 2 is 2.27 bits per heavy atom. The van der Waals surface area contributed by atoms with Crippen molar-refractivity contribution in [3.8, 4) is 0 Å². The normalized spacial score (nSPS) is 29.3. The van der Waals surface area contributed by atoms with Crippen LogP contribution in [0.1, 0.15) is 32.6 Å². The van der Waals surface area contributed by atoms with Crippen LogP contribution in [-0.2, 0) is 0 Å². The number of hydrogen-bond donors (Lipinski definition) is 0. The summed E-state index contributed by atoms with van der Waals surface area (Å²) in [7, 11) is 0. The van der Waals surface area contributed by atoms with Gasteiger partial charge >= 0.3 is 0 Å². The second-order valence-electron chi connectivity index (χ2n) is 3.13. The molecule has 0 nitrogen and oxygen atoms in total. The Morgan fingerprint density at radius 3 is 2.82 bits per heavy atom. The van der Waals surface area contributed by atoms with Crippen molar-refractivity contribution in [1.29, 1.82) is 0 Å². The van der Waals surface area contributed by atoms with Gasteiger partial charge in [-0.15, -0.1) is 0 Å². The van der Waals surface area contributed by atoms with Crippen molar-refractivity contribution in [3.05, 3.63) is 24.3 Å². The first kappa shape index (κ1) is 9.05. The Labute approximate surface area is 77.5 Å². The lowest BCUT2D eigenvalue weighted by molar-refractivity contribution is 0.609. The highest BCUT2D eigenvalue weighted by Gasteiger charge is 2.21. The third kappa shape index (κ3) is 2.82. The monoisotopic (exact) mass is 214 g/mol. The average molecular weight is 215 g/mol. The molecule has 0 N–H and O–H groups in total. The lowest BCUT2D eigenvalue weighted by Gasteiger charge is -2.23. The molecule has 0 aromatic carbocycles. The lowest BCUT2D eigenvalue weighted by atomic mass is 9.95. The lowest BCUT2D eigenvalue weighted by Crippen LogP contribution is -2.17. The molecule has 1 aliphatic carbocycles. The summed E-state index contributed by atoms with van der Waals surface area (Å²) in [5.41, 5.74) is 0. The van der Waals surface area contributed by atoms with Crippen molar-refractivity contribution in [2.75, 3.05) is 0 Å². The fourth-order valence-electron chi connectivity index (χ4n) is 1.29. The van der Waals surface area contributed by atoms with Crippen LogP contribution in [0, 0.1) is 0 Å². The molecule has 0 aromatic rings. The summed E-state index contributed by atoms with van der Waals surface area (Å²) in [5.74, 6) is 0. The van der Waals surface area contributed by atoms with Gasteiger partial charge in [0.25, 0.3) is 0 Å². The number of hydrogen-bond acceptors (Lipinski definition) is 0. The Kier molecular flexibility index (Phi) is 3.38. The van der Waals surface area contributed by atoms with Gasteiger partial charge < -0.3 is 0 Å². The van der Waals surface area contributed by atoms with E-state index in [0.717, 1.165) is 6.42 Å². The van der Waals surface area contributed by atoms with Crippen LogP contribution in [0.15, 0.2) is 24.3 Å². The molecule has 0 amide bonds. The fourth-order valence-corrected chi connectivity index (χ4v) is 1.91. The van der Waals surface area contributed by atoms with E-state index < -0.39 is 0 Å². The first-order valence-corrected chi connectivity index (χ1v) is 5.09. The fraction of sp³-hybridized carbons (Fsp3) is 0.600. The Hall–Kier alpha value is -0.0400. The van der Waals surface area contributed by atoms with Crippen LogP contribution < -0.4 is 0 Å². The van der Waals surface area contributed by atoms with Gasteiger partial charge in [-0.3, -0.25) is 0 Å². The van der Waals surface area contributed by atoms with E-state index in [1.807, 2.05) is 0 Å². The highest BCUT2D eigenvalue weighted by molar-refractivity contribution is 9.10. The molecule has 0 fully saturated rings. The molecule has 0 aromatic heterocycles. The Balaban J connectivity index is 2.40. The van der Waals surface area contributed by atoms with E-state index in [4.69, 9.17) is 0 Å². The van der Waals surface area contributed by atoms with E-state index in [0.29, 0.717) is 0 Å². The van der Waals surface area contributed by atoms with Crippen molar-refractivity contribution < 1.29 is 0 Å². The maximum absolute atomic E-state index is 3.76. The van der Waals surface area contributed by atoms with Crippen LogP contribution in [0.4, 0.5) is 0 Å². The molecule has 1 atom stereocenters. The zero-order valence-electron chi connectivity index (χ0n) is 7.02. The van der Waals surface area contributed by atoms with Gasteiger partial charge in [-0.1, -0.05) is 60.0 Å². The molecule has 0 spiro atoms. The summed E-state index contributed by atoms with van der Waals surface area (Å²) in [6, 6.07) is 0. The molecule has 1 aliphatic rings. The van der Waals surface area contributed by atoms with Gasteiger partial charge in [0, 0.05) is 4.32 Å². The molecule has 1 heteroatoms. The molecule has 0 bridgehead atoms. The summed E-state index contributed by atoms with van der Waals surface area (Å²) in [4.78, 5) is 0. The van der Waals surface area contributed by atoms with Gasteiger partial charge in [-0.05, 0) is 12.8 Å². The van der Waals surface area contributed by atoms with Gasteiger partial charge in [0.05, 0.1) is 0 Å². The van der Waals surface area contributed by atoms with Crippen molar-refractivity contribution in [1.82, 2.24) is 0 Å². The second kappa shape index (κ2) is 4.10. The van der Waals surface area contributed by atoms with Crippen molar-refractivity contribution in [2.45, 2.75) is 36.9 Å². The maximum Gasteiger partial charge on any atom is 0.0474 e. The van der Waals surface area contributed by atoms with Crippen LogP contribution in [-0.4, -0.2) is 4.32 Å². The van der Waals surface area contributed by atoms with Gasteiger partial charge in [0.1, 0.15) is 0 Å². The third-order valence-corrected chi connectivity index (χ3v) is 3.03. The zero-order valence-corrected chi connectivity index (χ0v) is 8.60.